The summed E-state index contributed by atoms with van der Waals surface area (Å²) in [5, 5.41) is 0. The lowest BCUT2D eigenvalue weighted by molar-refractivity contribution is 0.421. The largest absolute Gasteiger partial charge is 0.325 e. The van der Waals surface area contributed by atoms with Crippen LogP contribution in [0.1, 0.15) is 88.2 Å². The van der Waals surface area contributed by atoms with Crippen LogP contribution in [0.3, 0.4) is 0 Å². The van der Waals surface area contributed by atoms with Gasteiger partial charge in [0.25, 0.3) is 0 Å². The molecule has 1 unspecified atom stereocenters. The highest BCUT2D eigenvalue weighted by atomic mass is 31.0. The number of unbranched alkanes of at least 4 members (excludes halogenated alkanes) is 5. The Labute approximate surface area is 146 Å². The number of rotatable bonds is 10. The molecule has 1 aliphatic carbocycles. The first kappa shape index (κ1) is 18.9. The zero-order valence-electron chi connectivity index (χ0n) is 15.0. The summed E-state index contributed by atoms with van der Waals surface area (Å²) in [4.78, 5) is 0. The van der Waals surface area contributed by atoms with E-state index in [0.717, 1.165) is 19.0 Å². The van der Waals surface area contributed by atoms with E-state index in [9.17, 15) is 0 Å². The summed E-state index contributed by atoms with van der Waals surface area (Å²) in [7, 11) is 2.82. The monoisotopic (exact) mass is 333 g/mol. The first-order valence-corrected chi connectivity index (χ1v) is 10.6. The van der Waals surface area contributed by atoms with Gasteiger partial charge in [-0.1, -0.05) is 63.3 Å². The van der Waals surface area contributed by atoms with Crippen molar-refractivity contribution in [2.45, 2.75) is 89.0 Å². The van der Waals surface area contributed by atoms with Gasteiger partial charge in [0, 0.05) is 5.54 Å². The standard InChI is InChI=1S/C21H36NP/c1-2-3-4-5-6-7-8-18-9-11-19(12-10-18)20-13-14-21(22,17-20)15-16-23/h9-12,20H,2-8,13-17,22-23H2,1H3/t20-,21-/m0/s1. The van der Waals surface area contributed by atoms with E-state index in [-0.39, 0.29) is 5.54 Å². The molecule has 2 N–H and O–H groups in total. The van der Waals surface area contributed by atoms with E-state index in [1.807, 2.05) is 0 Å². The Balaban J connectivity index is 1.74. The Kier molecular flexibility index (Phi) is 8.07. The van der Waals surface area contributed by atoms with Crippen LogP contribution in [0.4, 0.5) is 0 Å². The SMILES string of the molecule is CCCCCCCCc1ccc([C@H]2CC[C@](N)(CCP)C2)cc1. The van der Waals surface area contributed by atoms with Gasteiger partial charge in [0.05, 0.1) is 0 Å². The molecule has 0 aliphatic heterocycles. The van der Waals surface area contributed by atoms with Gasteiger partial charge >= 0.3 is 0 Å². The van der Waals surface area contributed by atoms with Gasteiger partial charge in [0.2, 0.25) is 0 Å². The molecule has 0 amide bonds. The quantitative estimate of drug-likeness (QED) is 0.424. The van der Waals surface area contributed by atoms with Gasteiger partial charge in [-0.3, -0.25) is 0 Å². The van der Waals surface area contributed by atoms with E-state index in [1.165, 1.54) is 68.9 Å². The average molecular weight is 334 g/mol. The van der Waals surface area contributed by atoms with E-state index in [1.54, 1.807) is 0 Å². The highest BCUT2D eigenvalue weighted by molar-refractivity contribution is 7.16. The van der Waals surface area contributed by atoms with E-state index in [4.69, 9.17) is 5.73 Å². The Hall–Kier alpha value is -0.390. The minimum absolute atomic E-state index is 0.0869. The molecule has 23 heavy (non-hydrogen) atoms. The van der Waals surface area contributed by atoms with Crippen LogP contribution in [0.5, 0.6) is 0 Å². The summed E-state index contributed by atoms with van der Waals surface area (Å²) in [6, 6.07) is 9.44. The number of hydrogen-bond acceptors (Lipinski definition) is 1. The van der Waals surface area contributed by atoms with Crippen LogP contribution in [0.15, 0.2) is 24.3 Å². The third kappa shape index (κ3) is 6.20. The van der Waals surface area contributed by atoms with Crippen LogP contribution in [0.25, 0.3) is 0 Å². The number of aryl methyl sites for hydroxylation is 1. The molecule has 1 aliphatic rings. The molecule has 1 saturated carbocycles. The van der Waals surface area contributed by atoms with Gasteiger partial charge in [-0.05, 0) is 61.7 Å². The molecule has 1 aromatic carbocycles. The molecule has 0 heterocycles. The lowest BCUT2D eigenvalue weighted by atomic mass is 9.90. The van der Waals surface area contributed by atoms with E-state index in [2.05, 4.69) is 40.4 Å². The fourth-order valence-electron chi connectivity index (χ4n) is 4.02. The summed E-state index contributed by atoms with van der Waals surface area (Å²) in [6.07, 6.45) is 15.4. The van der Waals surface area contributed by atoms with E-state index in [0.29, 0.717) is 5.92 Å². The van der Waals surface area contributed by atoms with Crippen LogP contribution in [0.2, 0.25) is 0 Å². The molecular weight excluding hydrogens is 297 g/mol. The summed E-state index contributed by atoms with van der Waals surface area (Å²) >= 11 is 0. The molecule has 0 bridgehead atoms. The van der Waals surface area contributed by atoms with Crippen molar-refractivity contribution in [2.75, 3.05) is 6.16 Å². The Morgan fingerprint density at radius 1 is 1.09 bits per heavy atom. The topological polar surface area (TPSA) is 26.0 Å². The summed E-state index contributed by atoms with van der Waals surface area (Å²) in [5.41, 5.74) is 9.63. The van der Waals surface area contributed by atoms with Crippen LogP contribution in [-0.4, -0.2) is 11.7 Å². The molecule has 0 saturated heterocycles. The maximum absolute atomic E-state index is 6.53. The third-order valence-corrected chi connectivity index (χ3v) is 5.84. The van der Waals surface area contributed by atoms with E-state index >= 15 is 0 Å². The summed E-state index contributed by atoms with van der Waals surface area (Å²) < 4.78 is 0. The fraction of sp³-hybridized carbons (Fsp3) is 0.714. The van der Waals surface area contributed by atoms with Crippen molar-refractivity contribution in [3.63, 3.8) is 0 Å². The molecular formula is C21H36NP. The van der Waals surface area contributed by atoms with Crippen molar-refractivity contribution in [1.82, 2.24) is 0 Å². The van der Waals surface area contributed by atoms with Gasteiger partial charge in [-0.2, -0.15) is 0 Å². The molecule has 2 rings (SSSR count). The lowest BCUT2D eigenvalue weighted by Gasteiger charge is -2.23. The maximum Gasteiger partial charge on any atom is 0.0163 e. The van der Waals surface area contributed by atoms with Gasteiger partial charge in [-0.15, -0.1) is 9.24 Å². The Morgan fingerprint density at radius 2 is 1.78 bits per heavy atom. The molecule has 3 atom stereocenters. The predicted molar refractivity (Wildman–Crippen MR) is 106 cm³/mol. The molecule has 1 aromatic rings. The minimum Gasteiger partial charge on any atom is -0.325 e. The number of benzene rings is 1. The summed E-state index contributed by atoms with van der Waals surface area (Å²) in [6.45, 7) is 2.28. The first-order chi connectivity index (χ1) is 11.2. The second kappa shape index (κ2) is 9.80. The molecule has 2 heteroatoms. The minimum atomic E-state index is 0.0869. The van der Waals surface area contributed by atoms with Crippen molar-refractivity contribution in [2.24, 2.45) is 5.73 Å². The Bertz CT molecular complexity index is 442. The average Bonchev–Trinajstić information content (AvgIpc) is 2.94. The van der Waals surface area contributed by atoms with Crippen molar-refractivity contribution >= 4 is 9.24 Å². The zero-order valence-corrected chi connectivity index (χ0v) is 16.2. The molecule has 1 nitrogen and oxygen atoms in total. The molecule has 130 valence electrons. The van der Waals surface area contributed by atoms with Crippen LogP contribution < -0.4 is 5.73 Å². The molecule has 0 aromatic heterocycles. The first-order valence-electron chi connectivity index (χ1n) is 9.74. The van der Waals surface area contributed by atoms with Gasteiger partial charge in [0.15, 0.2) is 0 Å². The Morgan fingerprint density at radius 3 is 2.48 bits per heavy atom. The van der Waals surface area contributed by atoms with Crippen LogP contribution >= 0.6 is 9.24 Å². The highest BCUT2D eigenvalue weighted by Crippen LogP contribution is 2.41. The molecule has 0 spiro atoms. The number of hydrogen-bond donors (Lipinski definition) is 1. The fourth-order valence-corrected chi connectivity index (χ4v) is 4.60. The van der Waals surface area contributed by atoms with Crippen molar-refractivity contribution in [3.8, 4) is 0 Å². The summed E-state index contributed by atoms with van der Waals surface area (Å²) in [5.74, 6) is 0.680. The third-order valence-electron chi connectivity index (χ3n) is 5.56. The van der Waals surface area contributed by atoms with Gasteiger partial charge < -0.3 is 5.73 Å². The lowest BCUT2D eigenvalue weighted by Crippen LogP contribution is -2.37. The molecule has 1 fully saturated rings. The smallest absolute Gasteiger partial charge is 0.0163 e. The van der Waals surface area contributed by atoms with Gasteiger partial charge in [-0.25, -0.2) is 0 Å². The predicted octanol–water partition coefficient (Wildman–Crippen LogP) is 5.82. The van der Waals surface area contributed by atoms with Gasteiger partial charge in [0.1, 0.15) is 0 Å². The highest BCUT2D eigenvalue weighted by Gasteiger charge is 2.35. The van der Waals surface area contributed by atoms with Crippen LogP contribution in [-0.2, 0) is 6.42 Å². The van der Waals surface area contributed by atoms with Crippen molar-refractivity contribution < 1.29 is 0 Å². The second-order valence-electron chi connectivity index (χ2n) is 7.60. The number of nitrogens with two attached hydrogens (primary N) is 1. The molecule has 0 radical (unpaired) electrons. The zero-order chi connectivity index (χ0) is 16.5. The van der Waals surface area contributed by atoms with Crippen molar-refractivity contribution in [3.05, 3.63) is 35.4 Å². The van der Waals surface area contributed by atoms with Crippen molar-refractivity contribution in [1.29, 1.82) is 0 Å². The second-order valence-corrected chi connectivity index (χ2v) is 8.18. The normalized spacial score (nSPS) is 24.2. The maximum atomic E-state index is 6.53. The van der Waals surface area contributed by atoms with E-state index < -0.39 is 0 Å². The van der Waals surface area contributed by atoms with Crippen LogP contribution in [0, 0.1) is 0 Å².